The number of sulfonamides is 1. The van der Waals surface area contributed by atoms with E-state index in [0.29, 0.717) is 29.0 Å². The van der Waals surface area contributed by atoms with Crippen LogP contribution in [0.25, 0.3) is 11.3 Å². The Morgan fingerprint density at radius 3 is 2.50 bits per heavy atom. The molecule has 0 radical (unpaired) electrons. The van der Waals surface area contributed by atoms with Crippen LogP contribution in [0.4, 0.5) is 11.6 Å². The van der Waals surface area contributed by atoms with Crippen molar-refractivity contribution >= 4 is 39.2 Å². The Hall–Kier alpha value is -3.17. The first-order valence-corrected chi connectivity index (χ1v) is 12.7. The van der Waals surface area contributed by atoms with E-state index in [1.165, 1.54) is 18.3 Å². The lowest BCUT2D eigenvalue weighted by molar-refractivity contribution is 0.0981. The Morgan fingerprint density at radius 1 is 1.18 bits per heavy atom. The summed E-state index contributed by atoms with van der Waals surface area (Å²) in [4.78, 5) is 23.7. The average molecular weight is 500 g/mol. The lowest BCUT2D eigenvalue weighted by atomic mass is 9.97. The van der Waals surface area contributed by atoms with Gasteiger partial charge in [0.05, 0.1) is 11.3 Å². The van der Waals surface area contributed by atoms with Gasteiger partial charge in [-0.2, -0.15) is 0 Å². The van der Waals surface area contributed by atoms with E-state index in [4.69, 9.17) is 22.3 Å². The fourth-order valence-electron chi connectivity index (χ4n) is 4.43. The molecule has 3 aromatic rings. The molecule has 2 aromatic heterocycles. The van der Waals surface area contributed by atoms with Gasteiger partial charge in [0.1, 0.15) is 16.5 Å². The van der Waals surface area contributed by atoms with Gasteiger partial charge in [0, 0.05) is 28.9 Å². The number of rotatable bonds is 5. The van der Waals surface area contributed by atoms with Gasteiger partial charge in [-0.25, -0.2) is 23.1 Å². The number of benzene rings is 1. The number of nitrogen functional groups attached to an aromatic ring is 1. The van der Waals surface area contributed by atoms with Gasteiger partial charge in [0.2, 0.25) is 0 Å². The van der Waals surface area contributed by atoms with Crippen LogP contribution in [-0.2, 0) is 10.0 Å². The van der Waals surface area contributed by atoms with E-state index >= 15 is 0 Å². The maximum atomic E-state index is 13.3. The zero-order valence-corrected chi connectivity index (χ0v) is 20.7. The number of nitrogens with one attached hydrogen (secondary N) is 1. The molecule has 178 valence electrons. The van der Waals surface area contributed by atoms with Gasteiger partial charge in [-0.1, -0.05) is 30.7 Å². The molecule has 8 nitrogen and oxygen atoms in total. The fraction of sp³-hybridized carbons (Fsp3) is 0.292. The fourth-order valence-corrected chi connectivity index (χ4v) is 5.61. The average Bonchev–Trinajstić information content (AvgIpc) is 3.05. The van der Waals surface area contributed by atoms with E-state index in [0.717, 1.165) is 12.0 Å². The van der Waals surface area contributed by atoms with Crippen molar-refractivity contribution in [2.24, 2.45) is 5.92 Å². The molecule has 3 N–H and O–H groups in total. The summed E-state index contributed by atoms with van der Waals surface area (Å²) in [5.74, 6) is -0.169. The Bertz CT molecular complexity index is 1340. The third-order valence-electron chi connectivity index (χ3n) is 5.90. The first-order chi connectivity index (χ1) is 16.0. The smallest absolute Gasteiger partial charge is 0.268 e. The molecule has 10 heteroatoms. The van der Waals surface area contributed by atoms with Gasteiger partial charge in [-0.3, -0.25) is 4.79 Å². The van der Waals surface area contributed by atoms with E-state index in [2.05, 4.69) is 35.4 Å². The third kappa shape index (κ3) is 4.71. The molecule has 1 aliphatic rings. The van der Waals surface area contributed by atoms with Crippen molar-refractivity contribution in [2.75, 3.05) is 17.2 Å². The molecule has 0 bridgehead atoms. The highest BCUT2D eigenvalue weighted by Crippen LogP contribution is 2.38. The number of hydrogen-bond acceptors (Lipinski definition) is 7. The van der Waals surface area contributed by atoms with Crippen molar-refractivity contribution in [3.05, 3.63) is 65.3 Å². The van der Waals surface area contributed by atoms with Crippen LogP contribution in [0.5, 0.6) is 0 Å². The zero-order valence-electron chi connectivity index (χ0n) is 19.1. The molecule has 1 fully saturated rings. The second kappa shape index (κ2) is 8.88. The van der Waals surface area contributed by atoms with Crippen LogP contribution in [0.3, 0.4) is 0 Å². The van der Waals surface area contributed by atoms with Crippen molar-refractivity contribution < 1.29 is 13.2 Å². The summed E-state index contributed by atoms with van der Waals surface area (Å²) in [6.07, 6.45) is 2.29. The van der Waals surface area contributed by atoms with Crippen molar-refractivity contribution in [1.29, 1.82) is 0 Å². The van der Waals surface area contributed by atoms with E-state index in [-0.39, 0.29) is 21.8 Å². The second-order valence-electron chi connectivity index (χ2n) is 9.13. The van der Waals surface area contributed by atoms with Gasteiger partial charge >= 0.3 is 0 Å². The highest BCUT2D eigenvalue weighted by atomic mass is 35.5. The number of anilines is 2. The topological polar surface area (TPSA) is 118 Å². The SMILES string of the molecule is C[C@@H]1CN(c2nc(-c3ccc(Cl)cc3)ccc2C(=O)NS(=O)(=O)c2cccnc2N)C(C)(C)C1. The molecule has 0 unspecified atom stereocenters. The molecule has 3 heterocycles. The summed E-state index contributed by atoms with van der Waals surface area (Å²) >= 11 is 6.03. The maximum absolute atomic E-state index is 13.3. The summed E-state index contributed by atoms with van der Waals surface area (Å²) in [5, 5.41) is 0.606. The number of nitrogens with zero attached hydrogens (tertiary/aromatic N) is 3. The van der Waals surface area contributed by atoms with Crippen molar-refractivity contribution in [1.82, 2.24) is 14.7 Å². The quantitative estimate of drug-likeness (QED) is 0.542. The Kier molecular flexibility index (Phi) is 6.26. The lowest BCUT2D eigenvalue weighted by Crippen LogP contribution is -2.41. The van der Waals surface area contributed by atoms with Crippen molar-refractivity contribution in [3.8, 4) is 11.3 Å². The monoisotopic (exact) mass is 499 g/mol. The molecule has 1 aliphatic heterocycles. The van der Waals surface area contributed by atoms with Crippen molar-refractivity contribution in [2.45, 2.75) is 37.6 Å². The molecule has 1 aromatic carbocycles. The minimum Gasteiger partial charge on any atom is -0.383 e. The zero-order chi connectivity index (χ0) is 24.7. The summed E-state index contributed by atoms with van der Waals surface area (Å²) < 4.78 is 27.9. The second-order valence-corrected chi connectivity index (χ2v) is 11.2. The van der Waals surface area contributed by atoms with E-state index in [1.54, 1.807) is 24.3 Å². The van der Waals surface area contributed by atoms with Gasteiger partial charge in [0.15, 0.2) is 0 Å². The summed E-state index contributed by atoms with van der Waals surface area (Å²) in [7, 11) is -4.23. The van der Waals surface area contributed by atoms with E-state index < -0.39 is 15.9 Å². The van der Waals surface area contributed by atoms with E-state index in [1.807, 2.05) is 12.1 Å². The standard InChI is InChI=1S/C24H26ClN5O3S/c1-15-13-24(2,3)30(14-15)22-18(10-11-19(28-22)16-6-8-17(25)9-7-16)23(31)29-34(32,33)20-5-4-12-27-21(20)26/h4-12,15H,13-14H2,1-3H3,(H2,26,27)(H,29,31)/t15-/m0/s1. The molecule has 34 heavy (non-hydrogen) atoms. The molecular formula is C24H26ClN5O3S. The van der Waals surface area contributed by atoms with Gasteiger partial charge in [-0.05, 0) is 62.6 Å². The molecule has 4 rings (SSSR count). The molecule has 0 aliphatic carbocycles. The van der Waals surface area contributed by atoms with Crippen LogP contribution in [0.15, 0.2) is 59.6 Å². The Morgan fingerprint density at radius 2 is 1.88 bits per heavy atom. The summed E-state index contributed by atoms with van der Waals surface area (Å²) in [6, 6.07) is 13.3. The highest BCUT2D eigenvalue weighted by Gasteiger charge is 2.39. The number of amides is 1. The van der Waals surface area contributed by atoms with E-state index in [9.17, 15) is 13.2 Å². The van der Waals surface area contributed by atoms with Crippen LogP contribution in [0.2, 0.25) is 5.02 Å². The number of hydrogen-bond donors (Lipinski definition) is 2. The van der Waals surface area contributed by atoms with Crippen molar-refractivity contribution in [3.63, 3.8) is 0 Å². The number of halogens is 1. The molecule has 0 spiro atoms. The van der Waals surface area contributed by atoms with Crippen LogP contribution < -0.4 is 15.4 Å². The van der Waals surface area contributed by atoms with Crippen LogP contribution in [0, 0.1) is 5.92 Å². The first kappa shape index (κ1) is 24.0. The van der Waals surface area contributed by atoms with Crippen LogP contribution >= 0.6 is 11.6 Å². The van der Waals surface area contributed by atoms with Crippen LogP contribution in [-0.4, -0.2) is 36.4 Å². The largest absolute Gasteiger partial charge is 0.383 e. The summed E-state index contributed by atoms with van der Waals surface area (Å²) in [5.41, 5.74) is 7.09. The minimum absolute atomic E-state index is 0.158. The maximum Gasteiger partial charge on any atom is 0.268 e. The Labute approximate surface area is 204 Å². The molecule has 1 atom stereocenters. The van der Waals surface area contributed by atoms with Gasteiger partial charge in [-0.15, -0.1) is 0 Å². The third-order valence-corrected chi connectivity index (χ3v) is 7.54. The Balaban J connectivity index is 1.77. The number of nitrogens with two attached hydrogens (primary N) is 1. The number of carbonyl (C=O) groups excluding carboxylic acids is 1. The predicted molar refractivity (Wildman–Crippen MR) is 133 cm³/mol. The molecule has 1 saturated heterocycles. The summed E-state index contributed by atoms with van der Waals surface area (Å²) in [6.45, 7) is 7.00. The number of aromatic nitrogens is 2. The minimum atomic E-state index is -4.23. The van der Waals surface area contributed by atoms with Crippen LogP contribution in [0.1, 0.15) is 37.6 Å². The first-order valence-electron chi connectivity index (χ1n) is 10.8. The number of carbonyl (C=O) groups is 1. The molecular weight excluding hydrogens is 474 g/mol. The normalized spacial score (nSPS) is 17.5. The van der Waals surface area contributed by atoms with Gasteiger partial charge < -0.3 is 10.6 Å². The molecule has 1 amide bonds. The van der Waals surface area contributed by atoms with Gasteiger partial charge in [0.25, 0.3) is 15.9 Å². The molecule has 0 saturated carbocycles. The number of pyridine rings is 2. The lowest BCUT2D eigenvalue weighted by Gasteiger charge is -2.34. The predicted octanol–water partition coefficient (Wildman–Crippen LogP) is 4.12. The highest BCUT2D eigenvalue weighted by molar-refractivity contribution is 7.90.